The van der Waals surface area contributed by atoms with Crippen LogP contribution >= 0.6 is 0 Å². The smallest absolute Gasteiger partial charge is 0.254 e. The van der Waals surface area contributed by atoms with Gasteiger partial charge in [0.05, 0.1) is 4.90 Å². The summed E-state index contributed by atoms with van der Waals surface area (Å²) in [4.78, 5) is 24.6. The number of amides is 1. The number of carbonyl (C=O) groups is 1. The van der Waals surface area contributed by atoms with Crippen LogP contribution in [0.2, 0.25) is 0 Å². The van der Waals surface area contributed by atoms with Crippen molar-refractivity contribution in [2.24, 2.45) is 0 Å². The first-order chi connectivity index (χ1) is 18.7. The molecule has 7 nitrogen and oxygen atoms in total. The zero-order valence-corrected chi connectivity index (χ0v) is 23.9. The van der Waals surface area contributed by atoms with Gasteiger partial charge in [0.15, 0.2) is 5.03 Å². The van der Waals surface area contributed by atoms with E-state index in [0.29, 0.717) is 12.1 Å². The number of rotatable bonds is 6. The highest BCUT2D eigenvalue weighted by atomic mass is 32.2. The highest BCUT2D eigenvalue weighted by molar-refractivity contribution is 7.91. The number of hydrogen-bond donors (Lipinski definition) is 0. The van der Waals surface area contributed by atoms with Crippen LogP contribution in [0.15, 0.2) is 76.8 Å². The van der Waals surface area contributed by atoms with Gasteiger partial charge in [0.1, 0.15) is 0 Å². The van der Waals surface area contributed by atoms with Crippen molar-refractivity contribution in [2.75, 3.05) is 32.7 Å². The van der Waals surface area contributed by atoms with Crippen molar-refractivity contribution in [1.82, 2.24) is 19.7 Å². The van der Waals surface area contributed by atoms with E-state index >= 15 is 0 Å². The molecule has 2 fully saturated rings. The van der Waals surface area contributed by atoms with Crippen LogP contribution in [0.5, 0.6) is 0 Å². The number of nitrogens with zero attached hydrogens (tertiary/aromatic N) is 4. The average molecular weight is 547 g/mol. The summed E-state index contributed by atoms with van der Waals surface area (Å²) in [6, 6.07) is 19.2. The third-order valence-electron chi connectivity index (χ3n) is 8.20. The minimum Gasteiger partial charge on any atom is -0.339 e. The van der Waals surface area contributed by atoms with Crippen molar-refractivity contribution in [2.45, 2.75) is 62.2 Å². The molecular weight excluding hydrogens is 508 g/mol. The van der Waals surface area contributed by atoms with Crippen LogP contribution in [0.4, 0.5) is 0 Å². The maximum Gasteiger partial charge on any atom is 0.254 e. The number of piperazine rings is 1. The lowest BCUT2D eigenvalue weighted by atomic mass is 9.99. The van der Waals surface area contributed by atoms with Gasteiger partial charge in [-0.3, -0.25) is 14.6 Å². The number of sulfone groups is 1. The molecule has 3 heterocycles. The van der Waals surface area contributed by atoms with Crippen molar-refractivity contribution in [1.29, 1.82) is 0 Å². The fraction of sp³-hybridized carbons (Fsp3) is 0.419. The van der Waals surface area contributed by atoms with E-state index in [1.54, 1.807) is 30.5 Å². The van der Waals surface area contributed by atoms with Gasteiger partial charge in [-0.2, -0.15) is 0 Å². The number of pyridine rings is 1. The molecule has 1 aromatic heterocycles. The number of piperidine rings is 1. The Kier molecular flexibility index (Phi) is 8.16. The molecule has 2 aliphatic heterocycles. The number of hydrogen-bond acceptors (Lipinski definition) is 6. The lowest BCUT2D eigenvalue weighted by molar-refractivity contribution is 0.0258. The molecule has 0 radical (unpaired) electrons. The van der Waals surface area contributed by atoms with Gasteiger partial charge in [0.2, 0.25) is 9.84 Å². The first kappa shape index (κ1) is 27.5. The minimum absolute atomic E-state index is 0.0852. The molecule has 0 unspecified atom stereocenters. The number of likely N-dealkylation sites (tertiary alicyclic amines) is 1. The van der Waals surface area contributed by atoms with Gasteiger partial charge in [0.25, 0.3) is 5.91 Å². The van der Waals surface area contributed by atoms with Gasteiger partial charge in [-0.1, -0.05) is 36.4 Å². The Morgan fingerprint density at radius 1 is 0.949 bits per heavy atom. The van der Waals surface area contributed by atoms with Gasteiger partial charge in [-0.15, -0.1) is 0 Å². The van der Waals surface area contributed by atoms with Crippen molar-refractivity contribution in [3.8, 4) is 0 Å². The van der Waals surface area contributed by atoms with Gasteiger partial charge in [-0.25, -0.2) is 13.4 Å². The predicted octanol–water partition coefficient (Wildman–Crippen LogP) is 4.34. The van der Waals surface area contributed by atoms with E-state index in [1.807, 2.05) is 55.1 Å². The molecule has 0 saturated carbocycles. The summed E-state index contributed by atoms with van der Waals surface area (Å²) in [5, 5.41) is 0.0852. The fourth-order valence-electron chi connectivity index (χ4n) is 5.81. The first-order valence-corrected chi connectivity index (χ1v) is 15.3. The Bertz CT molecular complexity index is 1420. The Morgan fingerprint density at radius 2 is 1.72 bits per heavy atom. The Morgan fingerprint density at radius 3 is 2.38 bits per heavy atom. The van der Waals surface area contributed by atoms with Crippen molar-refractivity contribution >= 4 is 15.7 Å². The molecule has 8 heteroatoms. The second-order valence-corrected chi connectivity index (χ2v) is 12.9. The summed E-state index contributed by atoms with van der Waals surface area (Å²) < 4.78 is 25.9. The summed E-state index contributed by atoms with van der Waals surface area (Å²) in [5.41, 5.74) is 3.77. The monoisotopic (exact) mass is 546 g/mol. The molecule has 5 rings (SSSR count). The van der Waals surface area contributed by atoms with Crippen LogP contribution in [0, 0.1) is 13.8 Å². The number of aromatic nitrogens is 1. The molecule has 2 aliphatic rings. The number of benzene rings is 2. The van der Waals surface area contributed by atoms with Crippen LogP contribution in [0.1, 0.15) is 46.8 Å². The second-order valence-electron chi connectivity index (χ2n) is 11.0. The van der Waals surface area contributed by atoms with Crippen molar-refractivity contribution < 1.29 is 13.2 Å². The SMILES string of the molecule is Cc1cccc(S(=O)(=O)c2ccc(CN3CCN(C4CCN(C(=O)c5ccccc5C)CC4)C[C@H]3C)cn2)c1. The van der Waals surface area contributed by atoms with E-state index in [-0.39, 0.29) is 15.8 Å². The molecule has 2 aromatic carbocycles. The van der Waals surface area contributed by atoms with Crippen LogP contribution in [-0.4, -0.2) is 78.8 Å². The summed E-state index contributed by atoms with van der Waals surface area (Å²) in [5.74, 6) is 0.149. The maximum absolute atomic E-state index is 13.0. The van der Waals surface area contributed by atoms with Gasteiger partial charge in [0, 0.05) is 63.1 Å². The van der Waals surface area contributed by atoms with E-state index in [4.69, 9.17) is 0 Å². The third-order valence-corrected chi connectivity index (χ3v) is 9.87. The zero-order chi connectivity index (χ0) is 27.6. The number of carbonyl (C=O) groups excluding carboxylic acids is 1. The molecule has 0 aliphatic carbocycles. The highest BCUT2D eigenvalue weighted by Crippen LogP contribution is 2.24. The summed E-state index contributed by atoms with van der Waals surface area (Å²) in [6.45, 7) is 11.4. The fourth-order valence-corrected chi connectivity index (χ4v) is 7.09. The van der Waals surface area contributed by atoms with E-state index in [9.17, 15) is 13.2 Å². The lowest BCUT2D eigenvalue weighted by Crippen LogP contribution is -2.56. The van der Waals surface area contributed by atoms with Crippen LogP contribution < -0.4 is 0 Å². The van der Waals surface area contributed by atoms with Crippen LogP contribution in [0.25, 0.3) is 0 Å². The van der Waals surface area contributed by atoms with Gasteiger partial charge >= 0.3 is 0 Å². The second kappa shape index (κ2) is 11.6. The van der Waals surface area contributed by atoms with E-state index in [2.05, 4.69) is 21.7 Å². The minimum atomic E-state index is -3.63. The molecule has 1 amide bonds. The normalized spacial score (nSPS) is 19.8. The third kappa shape index (κ3) is 6.08. The topological polar surface area (TPSA) is 73.8 Å². The zero-order valence-electron chi connectivity index (χ0n) is 23.1. The molecule has 0 N–H and O–H groups in total. The van der Waals surface area contributed by atoms with Gasteiger partial charge < -0.3 is 4.90 Å². The maximum atomic E-state index is 13.0. The molecule has 2 saturated heterocycles. The Hall–Kier alpha value is -3.07. The van der Waals surface area contributed by atoms with Crippen LogP contribution in [0.3, 0.4) is 0 Å². The summed E-state index contributed by atoms with van der Waals surface area (Å²) in [6.07, 6.45) is 3.71. The Balaban J connectivity index is 1.14. The quantitative estimate of drug-likeness (QED) is 0.458. The molecule has 1 atom stereocenters. The Labute approximate surface area is 232 Å². The van der Waals surface area contributed by atoms with E-state index in [0.717, 1.165) is 74.4 Å². The molecule has 0 spiro atoms. The predicted molar refractivity (Wildman–Crippen MR) is 152 cm³/mol. The molecule has 39 heavy (non-hydrogen) atoms. The molecular formula is C31H38N4O3S. The first-order valence-electron chi connectivity index (χ1n) is 13.8. The van der Waals surface area contributed by atoms with Crippen molar-refractivity contribution in [3.63, 3.8) is 0 Å². The summed E-state index contributed by atoms with van der Waals surface area (Å²) >= 11 is 0. The summed E-state index contributed by atoms with van der Waals surface area (Å²) in [7, 11) is -3.63. The highest BCUT2D eigenvalue weighted by Gasteiger charge is 2.32. The molecule has 3 aromatic rings. The van der Waals surface area contributed by atoms with Gasteiger partial charge in [-0.05, 0) is 74.6 Å². The van der Waals surface area contributed by atoms with E-state index < -0.39 is 9.84 Å². The van der Waals surface area contributed by atoms with Crippen LogP contribution in [-0.2, 0) is 16.4 Å². The molecule has 206 valence electrons. The number of aryl methyl sites for hydroxylation is 2. The average Bonchev–Trinajstić information content (AvgIpc) is 2.94. The lowest BCUT2D eigenvalue weighted by Gasteiger charge is -2.45. The van der Waals surface area contributed by atoms with Crippen molar-refractivity contribution in [3.05, 3.63) is 89.1 Å². The van der Waals surface area contributed by atoms with E-state index in [1.165, 1.54) is 0 Å². The standard InChI is InChI=1S/C31H38N4O3S/c1-23-7-6-9-28(19-23)39(37,38)30-12-11-26(20-32-30)22-34-17-18-35(21-25(34)3)27-13-15-33(16-14-27)31(36)29-10-5-4-8-24(29)2/h4-12,19-20,25,27H,13-18,21-22H2,1-3H3/t25-/m1/s1. The largest absolute Gasteiger partial charge is 0.339 e. The molecule has 0 bridgehead atoms.